The molecule has 330 valence electrons. The third-order valence-electron chi connectivity index (χ3n) is 12.7. The molecular weight excluding hydrogens is 949 g/mol. The Morgan fingerprint density at radius 2 is 0.733 bits per heavy atom. The van der Waals surface area contributed by atoms with Crippen molar-refractivity contribution in [1.82, 2.24) is 9.80 Å². The summed E-state index contributed by atoms with van der Waals surface area (Å²) in [5.41, 5.74) is 3.08. The van der Waals surface area contributed by atoms with E-state index >= 15 is 9.59 Å². The van der Waals surface area contributed by atoms with Gasteiger partial charge in [-0.05, 0) is 93.6 Å². The number of fused-ring (bicyclic) bond motifs is 3. The predicted molar refractivity (Wildman–Crippen MR) is 273 cm³/mol. The van der Waals surface area contributed by atoms with Crippen LogP contribution in [-0.4, -0.2) is 34.7 Å². The highest BCUT2D eigenvalue weighted by molar-refractivity contribution is 9.11. The van der Waals surface area contributed by atoms with Crippen LogP contribution in [0.4, 0.5) is 0 Å². The van der Waals surface area contributed by atoms with Crippen LogP contribution in [-0.2, 0) is 9.59 Å². The Morgan fingerprint density at radius 1 is 0.433 bits per heavy atom. The second-order valence-electron chi connectivity index (χ2n) is 17.6. The molecule has 0 saturated heterocycles. The average molecular weight is 1020 g/mol. The van der Waals surface area contributed by atoms with Crippen molar-refractivity contribution in [2.24, 2.45) is 11.8 Å². The van der Waals surface area contributed by atoms with Crippen molar-refractivity contribution in [3.8, 4) is 0 Å². The molecule has 0 N–H and O–H groups in total. The summed E-state index contributed by atoms with van der Waals surface area (Å²) in [6, 6.07) is 8.91. The Labute approximate surface area is 394 Å². The zero-order valence-corrected chi connectivity index (χ0v) is 43.4. The molecule has 0 spiro atoms. The Bertz CT molecular complexity index is 1840. The fraction of sp³-hybridized carbons (Fsp3) is 0.640. The van der Waals surface area contributed by atoms with Gasteiger partial charge in [0.1, 0.15) is 0 Å². The van der Waals surface area contributed by atoms with E-state index in [9.17, 15) is 0 Å². The first kappa shape index (κ1) is 48.2. The van der Waals surface area contributed by atoms with Crippen molar-refractivity contribution < 1.29 is 9.59 Å². The van der Waals surface area contributed by atoms with Gasteiger partial charge in [0.25, 0.3) is 11.8 Å². The molecule has 2 atom stereocenters. The molecule has 2 aliphatic heterocycles. The summed E-state index contributed by atoms with van der Waals surface area (Å²) in [7, 11) is 0. The second kappa shape index (κ2) is 24.7. The minimum Gasteiger partial charge on any atom is -0.306 e. The number of halogens is 2. The molecule has 2 amide bonds. The lowest BCUT2D eigenvalue weighted by Gasteiger charge is -2.29. The monoisotopic (exact) mass is 1020 g/mol. The fourth-order valence-electron chi connectivity index (χ4n) is 9.42. The van der Waals surface area contributed by atoms with Gasteiger partial charge in [0, 0.05) is 31.9 Å². The van der Waals surface area contributed by atoms with Gasteiger partial charge in [0.15, 0.2) is 0 Å². The first-order valence-electron chi connectivity index (χ1n) is 23.8. The molecule has 0 radical (unpaired) electrons. The molecule has 2 unspecified atom stereocenters. The number of hydrogen-bond acceptors (Lipinski definition) is 6. The number of thiophene rings is 4. The van der Waals surface area contributed by atoms with Crippen molar-refractivity contribution in [2.45, 2.75) is 182 Å². The van der Waals surface area contributed by atoms with Gasteiger partial charge in [-0.2, -0.15) is 0 Å². The molecule has 2 aliphatic rings. The van der Waals surface area contributed by atoms with Crippen LogP contribution >= 0.6 is 77.2 Å². The van der Waals surface area contributed by atoms with Crippen LogP contribution in [0.25, 0.3) is 30.2 Å². The minimum absolute atomic E-state index is 0.0404. The van der Waals surface area contributed by atoms with E-state index < -0.39 is 0 Å². The van der Waals surface area contributed by atoms with E-state index in [1.165, 1.54) is 147 Å². The van der Waals surface area contributed by atoms with E-state index in [1.54, 1.807) is 45.3 Å². The molecule has 0 fully saturated rings. The predicted octanol–water partition coefficient (Wildman–Crippen LogP) is 18.2. The van der Waals surface area contributed by atoms with Crippen LogP contribution in [0.2, 0.25) is 0 Å². The first-order chi connectivity index (χ1) is 29.3. The Balaban J connectivity index is 1.40. The normalized spacial score (nSPS) is 15.6. The SMILES string of the molecule is CCCCCCCCC(CCCCCC)CN1C(=O)C2=C(c3cc4sc(Br)cc4s3)N(CC(CCCCCC)CCCCCCCC)C(=O)C2=C1c1cc2sc(Br)cc2s1. The van der Waals surface area contributed by atoms with E-state index in [4.69, 9.17) is 0 Å². The fourth-order valence-corrected chi connectivity index (χ4v) is 15.6. The summed E-state index contributed by atoms with van der Waals surface area (Å²) in [4.78, 5) is 37.3. The van der Waals surface area contributed by atoms with Crippen LogP contribution < -0.4 is 0 Å². The summed E-state index contributed by atoms with van der Waals surface area (Å²) in [6.45, 7) is 10.5. The van der Waals surface area contributed by atoms with Gasteiger partial charge in [0.05, 0.1) is 39.9 Å². The lowest BCUT2D eigenvalue weighted by atomic mass is 9.93. The van der Waals surface area contributed by atoms with Gasteiger partial charge in [-0.25, -0.2) is 0 Å². The molecule has 10 heteroatoms. The summed E-state index contributed by atoms with van der Waals surface area (Å²) in [5.74, 6) is 0.898. The lowest BCUT2D eigenvalue weighted by Crippen LogP contribution is -2.34. The highest BCUT2D eigenvalue weighted by Crippen LogP contribution is 2.52. The van der Waals surface area contributed by atoms with Crippen molar-refractivity contribution in [2.75, 3.05) is 13.1 Å². The number of amides is 2. The molecule has 6 rings (SSSR count). The summed E-state index contributed by atoms with van der Waals surface area (Å²) >= 11 is 14.4. The Kier molecular flexibility index (Phi) is 19.8. The van der Waals surface area contributed by atoms with Crippen molar-refractivity contribution in [3.63, 3.8) is 0 Å². The molecule has 4 aromatic rings. The topological polar surface area (TPSA) is 40.6 Å². The van der Waals surface area contributed by atoms with Crippen LogP contribution in [0.3, 0.4) is 0 Å². The molecule has 0 bridgehead atoms. The maximum absolute atomic E-state index is 15.5. The quantitative estimate of drug-likeness (QED) is 0.0488. The summed E-state index contributed by atoms with van der Waals surface area (Å²) in [5, 5.41) is 0. The molecule has 0 aromatic carbocycles. The first-order valence-corrected chi connectivity index (χ1v) is 28.6. The zero-order chi connectivity index (χ0) is 42.4. The molecule has 60 heavy (non-hydrogen) atoms. The molecule has 0 aliphatic carbocycles. The standard InChI is InChI=1S/C50H70Br2N2O2S4/c1-5-9-13-17-19-23-27-35(25-21-15-11-7-3)33-53-47(41-29-37-39(57-41)31-43(51)59-37)45-46(49(53)55)48(42-30-38-40(58-42)32-44(52)60-38)54(50(45)56)34-36(26-22-16-12-8-4)28-24-20-18-14-10-6-2/h29-32,35-36H,5-28,33-34H2,1-4H3. The Hall–Kier alpha value is -1.30. The highest BCUT2D eigenvalue weighted by atomic mass is 79.9. The van der Waals surface area contributed by atoms with Crippen molar-refractivity contribution >= 4 is 119 Å². The van der Waals surface area contributed by atoms with Gasteiger partial charge in [-0.3, -0.25) is 9.59 Å². The van der Waals surface area contributed by atoms with E-state index in [1.807, 2.05) is 0 Å². The number of nitrogens with zero attached hydrogens (tertiary/aromatic N) is 2. The third kappa shape index (κ3) is 12.5. The van der Waals surface area contributed by atoms with Gasteiger partial charge in [-0.15, -0.1) is 45.3 Å². The van der Waals surface area contributed by atoms with Crippen LogP contribution in [0.15, 0.2) is 43.0 Å². The summed E-state index contributed by atoms with van der Waals surface area (Å²) in [6.07, 6.45) is 29.7. The van der Waals surface area contributed by atoms with Crippen LogP contribution in [0.1, 0.15) is 192 Å². The van der Waals surface area contributed by atoms with E-state index in [-0.39, 0.29) is 11.8 Å². The minimum atomic E-state index is 0.0404. The number of rotatable bonds is 30. The number of unbranched alkanes of at least 4 members (excludes halogenated alkanes) is 16. The lowest BCUT2D eigenvalue weighted by molar-refractivity contribution is -0.124. The molecular formula is C50H70Br2N2O2S4. The van der Waals surface area contributed by atoms with E-state index in [2.05, 4.69) is 93.6 Å². The van der Waals surface area contributed by atoms with E-state index in [0.717, 1.165) is 54.4 Å². The van der Waals surface area contributed by atoms with Crippen LogP contribution in [0, 0.1) is 11.8 Å². The highest BCUT2D eigenvalue weighted by Gasteiger charge is 2.50. The van der Waals surface area contributed by atoms with Gasteiger partial charge in [0.2, 0.25) is 0 Å². The number of hydrogen-bond donors (Lipinski definition) is 0. The van der Waals surface area contributed by atoms with Crippen molar-refractivity contribution in [3.05, 3.63) is 52.7 Å². The second-order valence-corrected chi connectivity index (χ2v) is 24.7. The van der Waals surface area contributed by atoms with Crippen molar-refractivity contribution in [1.29, 1.82) is 0 Å². The Morgan fingerprint density at radius 3 is 1.07 bits per heavy atom. The van der Waals surface area contributed by atoms with Gasteiger partial charge < -0.3 is 9.80 Å². The zero-order valence-electron chi connectivity index (χ0n) is 36.9. The average Bonchev–Trinajstić information content (AvgIpc) is 4.06. The maximum atomic E-state index is 15.5. The maximum Gasteiger partial charge on any atom is 0.261 e. The molecule has 6 heterocycles. The molecule has 4 nitrogen and oxygen atoms in total. The van der Waals surface area contributed by atoms with Crippen LogP contribution in [0.5, 0.6) is 0 Å². The number of carbonyl (C=O) groups excluding carboxylic acids is 2. The molecule has 4 aromatic heterocycles. The smallest absolute Gasteiger partial charge is 0.261 e. The summed E-state index contributed by atoms with van der Waals surface area (Å²) < 4.78 is 7.07. The van der Waals surface area contributed by atoms with E-state index in [0.29, 0.717) is 36.1 Å². The third-order valence-corrected chi connectivity index (χ3v) is 18.4. The largest absolute Gasteiger partial charge is 0.306 e. The van der Waals surface area contributed by atoms with Gasteiger partial charge in [-0.1, -0.05) is 156 Å². The van der Waals surface area contributed by atoms with Gasteiger partial charge >= 0.3 is 0 Å². The molecule has 0 saturated carbocycles. The number of carbonyl (C=O) groups is 2.